The Hall–Kier alpha value is -2.04. The fraction of sp³-hybridized carbons (Fsp3) is 0.529. The zero-order valence-corrected chi connectivity index (χ0v) is 13.9. The van der Waals surface area contributed by atoms with Crippen molar-refractivity contribution in [1.82, 2.24) is 0 Å². The average Bonchev–Trinajstić information content (AvgIpc) is 2.46. The molecule has 5 heteroatoms. The van der Waals surface area contributed by atoms with E-state index in [4.69, 9.17) is 4.74 Å². The summed E-state index contributed by atoms with van der Waals surface area (Å²) in [5.41, 5.74) is 3.86. The molecular weight excluding hydrogens is 280 g/mol. The summed E-state index contributed by atoms with van der Waals surface area (Å²) in [6.07, 6.45) is 0.620. The number of carbonyl (C=O) groups is 2. The van der Waals surface area contributed by atoms with Gasteiger partial charge in [0, 0.05) is 0 Å². The molecule has 0 bridgehead atoms. The van der Waals surface area contributed by atoms with Gasteiger partial charge in [-0.15, -0.1) is 0 Å². The van der Waals surface area contributed by atoms with Gasteiger partial charge in [-0.3, -0.25) is 14.5 Å². The maximum atomic E-state index is 12.4. The van der Waals surface area contributed by atoms with Gasteiger partial charge in [0.2, 0.25) is 5.91 Å². The maximum Gasteiger partial charge on any atom is 0.326 e. The minimum atomic E-state index is -0.374. The van der Waals surface area contributed by atoms with Gasteiger partial charge in [0.25, 0.3) is 0 Å². The standard InChI is InChI=1S/C17H24N2O3/c1-6-12(4)22-16(20)9-19-15-8-11(3)10(2)7-14(15)18-13(5)17(19)21/h7-8,12-13,18H,6,9H2,1-5H3. The van der Waals surface area contributed by atoms with Gasteiger partial charge in [0.05, 0.1) is 17.5 Å². The lowest BCUT2D eigenvalue weighted by atomic mass is 10.0. The minimum Gasteiger partial charge on any atom is -0.461 e. The van der Waals surface area contributed by atoms with Gasteiger partial charge in [-0.25, -0.2) is 0 Å². The van der Waals surface area contributed by atoms with E-state index in [1.54, 1.807) is 6.92 Å². The highest BCUT2D eigenvalue weighted by molar-refractivity contribution is 6.07. The van der Waals surface area contributed by atoms with Gasteiger partial charge in [-0.05, 0) is 57.4 Å². The number of hydrogen-bond donors (Lipinski definition) is 1. The molecule has 5 nitrogen and oxygen atoms in total. The summed E-state index contributed by atoms with van der Waals surface area (Å²) >= 11 is 0. The molecule has 120 valence electrons. The number of carbonyl (C=O) groups excluding carboxylic acids is 2. The van der Waals surface area contributed by atoms with Gasteiger partial charge in [-0.2, -0.15) is 0 Å². The molecule has 0 aliphatic carbocycles. The molecule has 1 aromatic carbocycles. The van der Waals surface area contributed by atoms with Crippen molar-refractivity contribution in [3.8, 4) is 0 Å². The van der Waals surface area contributed by atoms with Crippen LogP contribution in [0.4, 0.5) is 11.4 Å². The molecule has 22 heavy (non-hydrogen) atoms. The third-order valence-electron chi connectivity index (χ3n) is 4.11. The van der Waals surface area contributed by atoms with Crippen LogP contribution in [0.5, 0.6) is 0 Å². The summed E-state index contributed by atoms with van der Waals surface area (Å²) in [7, 11) is 0. The van der Waals surface area contributed by atoms with Crippen LogP contribution in [0.1, 0.15) is 38.3 Å². The number of rotatable bonds is 4. The quantitative estimate of drug-likeness (QED) is 0.869. The Bertz CT molecular complexity index is 598. The second-order valence-corrected chi connectivity index (χ2v) is 5.95. The van der Waals surface area contributed by atoms with Gasteiger partial charge in [0.15, 0.2) is 0 Å². The molecule has 2 rings (SSSR count). The molecule has 1 aliphatic heterocycles. The Morgan fingerprint density at radius 3 is 2.64 bits per heavy atom. The third-order valence-corrected chi connectivity index (χ3v) is 4.11. The topological polar surface area (TPSA) is 58.6 Å². The highest BCUT2D eigenvalue weighted by Crippen LogP contribution is 2.34. The van der Waals surface area contributed by atoms with Crippen LogP contribution in [0.25, 0.3) is 0 Å². The fourth-order valence-corrected chi connectivity index (χ4v) is 2.42. The average molecular weight is 304 g/mol. The molecule has 1 N–H and O–H groups in total. The molecular formula is C17H24N2O3. The molecule has 0 saturated carbocycles. The van der Waals surface area contributed by atoms with Crippen molar-refractivity contribution in [2.24, 2.45) is 0 Å². The number of anilines is 2. The Kier molecular flexibility index (Phi) is 4.74. The Balaban J connectivity index is 2.29. The van der Waals surface area contributed by atoms with E-state index in [9.17, 15) is 9.59 Å². The first-order valence-electron chi connectivity index (χ1n) is 7.72. The molecule has 0 saturated heterocycles. The molecule has 0 spiro atoms. The van der Waals surface area contributed by atoms with E-state index in [1.165, 1.54) is 4.90 Å². The first-order valence-corrected chi connectivity index (χ1v) is 7.72. The fourth-order valence-electron chi connectivity index (χ4n) is 2.42. The lowest BCUT2D eigenvalue weighted by Crippen LogP contribution is -2.48. The number of ether oxygens (including phenoxy) is 1. The predicted molar refractivity (Wildman–Crippen MR) is 87.2 cm³/mol. The van der Waals surface area contributed by atoms with E-state index in [0.29, 0.717) is 0 Å². The number of nitrogens with zero attached hydrogens (tertiary/aromatic N) is 1. The number of benzene rings is 1. The number of aryl methyl sites for hydroxylation is 2. The van der Waals surface area contributed by atoms with Crippen molar-refractivity contribution in [2.75, 3.05) is 16.8 Å². The predicted octanol–water partition coefficient (Wildman–Crippen LogP) is 2.79. The third kappa shape index (κ3) is 3.24. The van der Waals surface area contributed by atoms with Crippen LogP contribution in [0.3, 0.4) is 0 Å². The summed E-state index contributed by atoms with van der Waals surface area (Å²) in [6, 6.07) is 3.60. The molecule has 1 heterocycles. The lowest BCUT2D eigenvalue weighted by molar-refractivity contribution is -0.147. The van der Waals surface area contributed by atoms with Gasteiger partial charge in [-0.1, -0.05) is 6.92 Å². The largest absolute Gasteiger partial charge is 0.461 e. The zero-order chi connectivity index (χ0) is 16.4. The second-order valence-electron chi connectivity index (χ2n) is 5.95. The van der Waals surface area contributed by atoms with E-state index in [2.05, 4.69) is 5.32 Å². The van der Waals surface area contributed by atoms with E-state index in [0.717, 1.165) is 28.9 Å². The highest BCUT2D eigenvalue weighted by Gasteiger charge is 2.31. The molecule has 1 amide bonds. The van der Waals surface area contributed by atoms with Gasteiger partial charge < -0.3 is 10.1 Å². The summed E-state index contributed by atoms with van der Waals surface area (Å²) in [5.74, 6) is -0.488. The molecule has 1 aliphatic rings. The molecule has 1 aromatic rings. The molecule has 0 radical (unpaired) electrons. The van der Waals surface area contributed by atoms with Crippen molar-refractivity contribution in [3.63, 3.8) is 0 Å². The number of hydrogen-bond acceptors (Lipinski definition) is 4. The van der Waals surface area contributed by atoms with Crippen molar-refractivity contribution in [1.29, 1.82) is 0 Å². The van der Waals surface area contributed by atoms with Crippen molar-refractivity contribution >= 4 is 23.3 Å². The van der Waals surface area contributed by atoms with Crippen molar-refractivity contribution in [2.45, 2.75) is 53.2 Å². The second kappa shape index (κ2) is 6.38. The number of nitrogens with one attached hydrogen (secondary N) is 1. The summed E-state index contributed by atoms with van der Waals surface area (Å²) in [4.78, 5) is 26.0. The SMILES string of the molecule is CCC(C)OC(=O)CN1C(=O)C(C)Nc2cc(C)c(C)cc21. The molecule has 0 aromatic heterocycles. The van der Waals surface area contributed by atoms with Crippen LogP contribution in [-0.2, 0) is 14.3 Å². The zero-order valence-electron chi connectivity index (χ0n) is 13.9. The maximum absolute atomic E-state index is 12.4. The molecule has 2 unspecified atom stereocenters. The van der Waals surface area contributed by atoms with Crippen LogP contribution in [-0.4, -0.2) is 30.6 Å². The smallest absolute Gasteiger partial charge is 0.326 e. The molecule has 0 fully saturated rings. The van der Waals surface area contributed by atoms with Crippen LogP contribution in [0.15, 0.2) is 12.1 Å². The Labute approximate surface area is 131 Å². The number of fused-ring (bicyclic) bond motifs is 1. The minimum absolute atomic E-state index is 0.0509. The van der Waals surface area contributed by atoms with Crippen LogP contribution in [0.2, 0.25) is 0 Å². The van der Waals surface area contributed by atoms with Gasteiger partial charge >= 0.3 is 5.97 Å². The van der Waals surface area contributed by atoms with Gasteiger partial charge in [0.1, 0.15) is 12.6 Å². The van der Waals surface area contributed by atoms with E-state index < -0.39 is 0 Å². The Morgan fingerprint density at radius 2 is 2.00 bits per heavy atom. The lowest BCUT2D eigenvalue weighted by Gasteiger charge is -2.34. The van der Waals surface area contributed by atoms with Crippen LogP contribution in [0, 0.1) is 13.8 Å². The first kappa shape index (κ1) is 16.3. The van der Waals surface area contributed by atoms with E-state index >= 15 is 0 Å². The molecule has 2 atom stereocenters. The number of esters is 1. The van der Waals surface area contributed by atoms with E-state index in [-0.39, 0.29) is 30.6 Å². The van der Waals surface area contributed by atoms with Crippen LogP contribution < -0.4 is 10.2 Å². The monoisotopic (exact) mass is 304 g/mol. The highest BCUT2D eigenvalue weighted by atomic mass is 16.5. The van der Waals surface area contributed by atoms with Crippen molar-refractivity contribution < 1.29 is 14.3 Å². The summed E-state index contributed by atoms with van der Waals surface area (Å²) < 4.78 is 5.30. The van der Waals surface area contributed by atoms with E-state index in [1.807, 2.05) is 39.8 Å². The summed E-state index contributed by atoms with van der Waals surface area (Å²) in [6.45, 7) is 9.57. The number of amides is 1. The van der Waals surface area contributed by atoms with Crippen molar-refractivity contribution in [3.05, 3.63) is 23.3 Å². The first-order chi connectivity index (χ1) is 10.3. The Morgan fingerprint density at radius 1 is 1.36 bits per heavy atom. The van der Waals surface area contributed by atoms with Crippen LogP contribution >= 0.6 is 0 Å². The summed E-state index contributed by atoms with van der Waals surface area (Å²) in [5, 5.41) is 3.19. The normalized spacial score (nSPS) is 18.5.